The maximum atomic E-state index is 12.8. The molecule has 0 unspecified atom stereocenters. The number of hydrogen-bond acceptors (Lipinski definition) is 9. The Morgan fingerprint density at radius 1 is 1.21 bits per heavy atom. The van der Waals surface area contributed by atoms with Crippen molar-refractivity contribution in [3.63, 3.8) is 0 Å². The van der Waals surface area contributed by atoms with Crippen LogP contribution in [-0.4, -0.2) is 37.5 Å². The van der Waals surface area contributed by atoms with Crippen LogP contribution in [0.15, 0.2) is 53.8 Å². The Kier molecular flexibility index (Phi) is 6.52. The third-order valence-corrected chi connectivity index (χ3v) is 7.00. The number of nitro benzene ring substituents is 1. The van der Waals surface area contributed by atoms with E-state index in [0.29, 0.717) is 16.3 Å². The first kappa shape index (κ1) is 22.6. The van der Waals surface area contributed by atoms with Crippen molar-refractivity contribution in [3.8, 4) is 17.0 Å². The zero-order valence-corrected chi connectivity index (χ0v) is 19.6. The van der Waals surface area contributed by atoms with E-state index in [1.54, 1.807) is 21.0 Å². The molecule has 0 aliphatic heterocycles. The molecule has 4 rings (SSSR count). The van der Waals surface area contributed by atoms with Gasteiger partial charge in [0, 0.05) is 23.4 Å². The molecule has 0 radical (unpaired) electrons. The molecule has 9 nitrogen and oxygen atoms in total. The standard InChI is InChI=1S/C22H19N5O4S2/c1-12-10-15(27(29)30)6-9-17(12)25-21(28)13(2)32-22-20-19(23-11-24-22)18(26-33-20)14-4-7-16(31-3)8-5-14/h4-11,13H,1-3H3,(H,25,28)/t13-/m1/s1. The Morgan fingerprint density at radius 3 is 2.64 bits per heavy atom. The molecule has 0 fully saturated rings. The van der Waals surface area contributed by atoms with Crippen LogP contribution in [-0.2, 0) is 4.79 Å². The second-order valence-electron chi connectivity index (χ2n) is 7.12. The number of aromatic nitrogens is 3. The molecule has 0 aliphatic rings. The number of benzene rings is 2. The molecule has 1 N–H and O–H groups in total. The molecule has 2 aromatic heterocycles. The fourth-order valence-electron chi connectivity index (χ4n) is 3.12. The van der Waals surface area contributed by atoms with Crippen molar-refractivity contribution in [3.05, 3.63) is 64.5 Å². The van der Waals surface area contributed by atoms with E-state index in [2.05, 4.69) is 19.7 Å². The highest BCUT2D eigenvalue weighted by atomic mass is 32.2. The van der Waals surface area contributed by atoms with Crippen molar-refractivity contribution in [2.75, 3.05) is 12.4 Å². The van der Waals surface area contributed by atoms with Crippen molar-refractivity contribution < 1.29 is 14.5 Å². The number of nitrogens with zero attached hydrogens (tertiary/aromatic N) is 4. The van der Waals surface area contributed by atoms with Crippen molar-refractivity contribution >= 4 is 50.8 Å². The van der Waals surface area contributed by atoms with Crippen LogP contribution in [0.4, 0.5) is 11.4 Å². The maximum Gasteiger partial charge on any atom is 0.269 e. The van der Waals surface area contributed by atoms with Gasteiger partial charge >= 0.3 is 0 Å². The van der Waals surface area contributed by atoms with Gasteiger partial charge in [-0.3, -0.25) is 14.9 Å². The summed E-state index contributed by atoms with van der Waals surface area (Å²) in [4.78, 5) is 32.0. The lowest BCUT2D eigenvalue weighted by molar-refractivity contribution is -0.384. The smallest absolute Gasteiger partial charge is 0.269 e. The second kappa shape index (κ2) is 9.51. The van der Waals surface area contributed by atoms with Gasteiger partial charge < -0.3 is 10.1 Å². The minimum Gasteiger partial charge on any atom is -0.497 e. The van der Waals surface area contributed by atoms with E-state index in [-0.39, 0.29) is 11.6 Å². The van der Waals surface area contributed by atoms with E-state index in [0.717, 1.165) is 27.2 Å². The van der Waals surface area contributed by atoms with Gasteiger partial charge in [0.15, 0.2) is 0 Å². The first-order chi connectivity index (χ1) is 15.9. The molecule has 1 amide bonds. The zero-order valence-electron chi connectivity index (χ0n) is 17.9. The quantitative estimate of drug-likeness (QED) is 0.168. The monoisotopic (exact) mass is 481 g/mol. The number of hydrogen-bond donors (Lipinski definition) is 1. The van der Waals surface area contributed by atoms with Crippen LogP contribution in [0.2, 0.25) is 0 Å². The predicted octanol–water partition coefficient (Wildman–Crippen LogP) is 5.10. The highest BCUT2D eigenvalue weighted by Gasteiger charge is 2.21. The summed E-state index contributed by atoms with van der Waals surface area (Å²) in [6, 6.07) is 11.9. The Bertz CT molecular complexity index is 1340. The van der Waals surface area contributed by atoms with E-state index < -0.39 is 10.2 Å². The third kappa shape index (κ3) is 4.78. The number of amides is 1. The number of anilines is 1. The fraction of sp³-hybridized carbons (Fsp3) is 0.182. The molecule has 0 saturated carbocycles. The molecule has 2 heterocycles. The van der Waals surface area contributed by atoms with Gasteiger partial charge in [-0.25, -0.2) is 9.97 Å². The van der Waals surface area contributed by atoms with E-state index in [1.165, 1.54) is 47.8 Å². The van der Waals surface area contributed by atoms with E-state index >= 15 is 0 Å². The number of thioether (sulfide) groups is 1. The molecular weight excluding hydrogens is 462 g/mol. The molecule has 2 aromatic carbocycles. The lowest BCUT2D eigenvalue weighted by Crippen LogP contribution is -2.23. The molecule has 168 valence electrons. The number of ether oxygens (including phenoxy) is 1. The van der Waals surface area contributed by atoms with Gasteiger partial charge in [-0.05, 0) is 61.3 Å². The van der Waals surface area contributed by atoms with Crippen LogP contribution in [0.5, 0.6) is 5.75 Å². The highest BCUT2D eigenvalue weighted by Crippen LogP contribution is 2.36. The van der Waals surface area contributed by atoms with Gasteiger partial charge in [0.25, 0.3) is 5.69 Å². The topological polar surface area (TPSA) is 120 Å². The summed E-state index contributed by atoms with van der Waals surface area (Å²) in [5.41, 5.74) is 3.52. The van der Waals surface area contributed by atoms with Crippen molar-refractivity contribution in [1.82, 2.24) is 14.3 Å². The number of non-ortho nitro benzene ring substituents is 1. The van der Waals surface area contributed by atoms with Gasteiger partial charge in [0.2, 0.25) is 5.91 Å². The first-order valence-electron chi connectivity index (χ1n) is 9.84. The summed E-state index contributed by atoms with van der Waals surface area (Å²) in [6.07, 6.45) is 1.47. The number of rotatable bonds is 7. The predicted molar refractivity (Wildman–Crippen MR) is 129 cm³/mol. The van der Waals surface area contributed by atoms with Crippen LogP contribution in [0.25, 0.3) is 21.5 Å². The van der Waals surface area contributed by atoms with E-state index in [9.17, 15) is 14.9 Å². The van der Waals surface area contributed by atoms with Crippen LogP contribution in [0.3, 0.4) is 0 Å². The van der Waals surface area contributed by atoms with Crippen molar-refractivity contribution in [2.24, 2.45) is 0 Å². The van der Waals surface area contributed by atoms with Gasteiger partial charge in [0.1, 0.15) is 33.0 Å². The summed E-state index contributed by atoms with van der Waals surface area (Å²) in [7, 11) is 1.62. The molecule has 33 heavy (non-hydrogen) atoms. The van der Waals surface area contributed by atoms with Gasteiger partial charge in [0.05, 0.1) is 17.3 Å². The molecule has 0 spiro atoms. The number of carbonyl (C=O) groups excluding carboxylic acids is 1. The number of nitro groups is 1. The van der Waals surface area contributed by atoms with Crippen LogP contribution in [0.1, 0.15) is 12.5 Å². The molecule has 0 saturated heterocycles. The Balaban J connectivity index is 1.53. The summed E-state index contributed by atoms with van der Waals surface area (Å²) < 4.78 is 10.6. The fourth-order valence-corrected chi connectivity index (χ4v) is 4.93. The Morgan fingerprint density at radius 2 is 1.97 bits per heavy atom. The molecule has 1 atom stereocenters. The average Bonchev–Trinajstić information content (AvgIpc) is 3.25. The van der Waals surface area contributed by atoms with Crippen LogP contribution < -0.4 is 10.1 Å². The lowest BCUT2D eigenvalue weighted by atomic mass is 10.1. The van der Waals surface area contributed by atoms with Crippen LogP contribution in [0, 0.1) is 17.0 Å². The minimum absolute atomic E-state index is 0.0193. The van der Waals surface area contributed by atoms with Gasteiger partial charge in [-0.2, -0.15) is 4.37 Å². The van der Waals surface area contributed by atoms with Crippen LogP contribution >= 0.6 is 23.3 Å². The summed E-state index contributed by atoms with van der Waals surface area (Å²) in [5, 5.41) is 14.0. The molecular formula is C22H19N5O4S2. The molecule has 4 aromatic rings. The highest BCUT2D eigenvalue weighted by molar-refractivity contribution is 8.00. The van der Waals surface area contributed by atoms with Gasteiger partial charge in [-0.1, -0.05) is 11.8 Å². The third-order valence-electron chi connectivity index (χ3n) is 4.92. The zero-order chi connectivity index (χ0) is 23.5. The molecule has 11 heteroatoms. The number of carbonyl (C=O) groups is 1. The van der Waals surface area contributed by atoms with Crippen molar-refractivity contribution in [2.45, 2.75) is 24.1 Å². The normalized spacial score (nSPS) is 11.8. The number of fused-ring (bicyclic) bond motifs is 1. The summed E-state index contributed by atoms with van der Waals surface area (Å²) in [5.74, 6) is 0.524. The number of aryl methyl sites for hydroxylation is 1. The van der Waals surface area contributed by atoms with Gasteiger partial charge in [-0.15, -0.1) is 0 Å². The Labute approximate surface area is 197 Å². The van der Waals surface area contributed by atoms with E-state index in [1.807, 2.05) is 24.3 Å². The minimum atomic E-state index is -0.468. The average molecular weight is 482 g/mol. The SMILES string of the molecule is COc1ccc(-c2nsc3c(S[C@H](C)C(=O)Nc4ccc([N+](=O)[O-])cc4C)ncnc23)cc1. The molecule has 0 bridgehead atoms. The van der Waals surface area contributed by atoms with E-state index in [4.69, 9.17) is 4.74 Å². The largest absolute Gasteiger partial charge is 0.497 e. The second-order valence-corrected chi connectivity index (χ2v) is 9.22. The van der Waals surface area contributed by atoms with Crippen molar-refractivity contribution in [1.29, 1.82) is 0 Å². The summed E-state index contributed by atoms with van der Waals surface area (Å²) >= 11 is 2.60. The summed E-state index contributed by atoms with van der Waals surface area (Å²) in [6.45, 7) is 3.49. The lowest BCUT2D eigenvalue weighted by Gasteiger charge is -2.13. The molecule has 0 aliphatic carbocycles. The number of nitrogens with one attached hydrogen (secondary N) is 1. The number of methoxy groups -OCH3 is 1. The first-order valence-corrected chi connectivity index (χ1v) is 11.5. The Hall–Kier alpha value is -3.57. The maximum absolute atomic E-state index is 12.8.